The average Bonchev–Trinajstić information content (AvgIpc) is 2.80. The van der Waals surface area contributed by atoms with Gasteiger partial charge in [-0.1, -0.05) is 24.3 Å². The molecule has 0 N–H and O–H groups in total. The van der Waals surface area contributed by atoms with Crippen LogP contribution in [0.15, 0.2) is 73.1 Å². The second-order valence-corrected chi connectivity index (χ2v) is 7.34. The Bertz CT molecular complexity index is 929. The first-order valence-electron chi connectivity index (χ1n) is 10.1. The maximum Gasteiger partial charge on any atom is 0.254 e. The van der Waals surface area contributed by atoms with E-state index in [1.807, 2.05) is 72.5 Å². The Morgan fingerprint density at radius 3 is 2.45 bits per heavy atom. The van der Waals surface area contributed by atoms with Crippen LogP contribution >= 0.6 is 0 Å². The van der Waals surface area contributed by atoms with E-state index in [1.165, 1.54) is 0 Å². The van der Waals surface area contributed by atoms with Gasteiger partial charge in [-0.2, -0.15) is 0 Å². The quantitative estimate of drug-likeness (QED) is 0.642. The van der Waals surface area contributed by atoms with Gasteiger partial charge in [-0.25, -0.2) is 4.98 Å². The van der Waals surface area contributed by atoms with Crippen LogP contribution < -0.4 is 4.74 Å². The number of likely N-dealkylation sites (tertiary alicyclic amines) is 1. The van der Waals surface area contributed by atoms with Gasteiger partial charge in [-0.05, 0) is 56.5 Å². The molecule has 0 aliphatic carbocycles. The zero-order valence-corrected chi connectivity index (χ0v) is 16.6. The van der Waals surface area contributed by atoms with E-state index in [9.17, 15) is 4.79 Å². The summed E-state index contributed by atoms with van der Waals surface area (Å²) >= 11 is 0. The summed E-state index contributed by atoms with van der Waals surface area (Å²) in [5.41, 5.74) is 2.60. The fourth-order valence-corrected chi connectivity index (χ4v) is 3.87. The molecule has 5 nitrogen and oxygen atoms in total. The summed E-state index contributed by atoms with van der Waals surface area (Å²) in [5, 5.41) is 0. The molecule has 1 aromatic carbocycles. The predicted molar refractivity (Wildman–Crippen MR) is 113 cm³/mol. The van der Waals surface area contributed by atoms with Gasteiger partial charge in [-0.3, -0.25) is 9.78 Å². The normalized spacial score (nSPS) is 17.6. The number of piperidine rings is 1. The third-order valence-corrected chi connectivity index (χ3v) is 5.39. The molecule has 1 fully saturated rings. The molecule has 0 saturated carbocycles. The third-order valence-electron chi connectivity index (χ3n) is 5.39. The molecule has 1 aliphatic heterocycles. The lowest BCUT2D eigenvalue weighted by atomic mass is 9.96. The van der Waals surface area contributed by atoms with Crippen molar-refractivity contribution in [2.45, 2.75) is 38.3 Å². The van der Waals surface area contributed by atoms with Crippen LogP contribution in [0.3, 0.4) is 0 Å². The number of carbonyl (C=O) groups excluding carboxylic acids is 1. The van der Waals surface area contributed by atoms with Crippen molar-refractivity contribution in [1.29, 1.82) is 0 Å². The van der Waals surface area contributed by atoms with Crippen molar-refractivity contribution < 1.29 is 9.53 Å². The fraction of sp³-hybridized carbons (Fsp3) is 0.292. The van der Waals surface area contributed by atoms with Crippen LogP contribution in [0, 0.1) is 0 Å². The van der Waals surface area contributed by atoms with Gasteiger partial charge in [0, 0.05) is 36.1 Å². The molecule has 3 aromatic rings. The summed E-state index contributed by atoms with van der Waals surface area (Å²) in [4.78, 5) is 23.8. The Labute approximate surface area is 171 Å². The van der Waals surface area contributed by atoms with Crippen LogP contribution in [0.1, 0.15) is 36.5 Å². The number of benzene rings is 1. The molecule has 1 aliphatic rings. The molecule has 4 rings (SSSR count). The van der Waals surface area contributed by atoms with Gasteiger partial charge in [0.2, 0.25) is 5.88 Å². The van der Waals surface area contributed by atoms with Gasteiger partial charge >= 0.3 is 0 Å². The Balaban J connectivity index is 1.49. The van der Waals surface area contributed by atoms with Crippen molar-refractivity contribution in [2.75, 3.05) is 6.54 Å². The zero-order valence-electron chi connectivity index (χ0n) is 16.6. The molecular formula is C24H25N3O2. The van der Waals surface area contributed by atoms with Crippen LogP contribution in [0.25, 0.3) is 11.3 Å². The molecule has 0 spiro atoms. The summed E-state index contributed by atoms with van der Waals surface area (Å²) in [5.74, 6) is 0.649. The molecule has 2 aromatic heterocycles. The van der Waals surface area contributed by atoms with Gasteiger partial charge in [-0.15, -0.1) is 0 Å². The minimum absolute atomic E-state index is 0.0359. The predicted octanol–water partition coefficient (Wildman–Crippen LogP) is 4.61. The summed E-state index contributed by atoms with van der Waals surface area (Å²) in [7, 11) is 0. The van der Waals surface area contributed by atoms with Crippen molar-refractivity contribution in [3.05, 3.63) is 78.6 Å². The third kappa shape index (κ3) is 4.45. The molecular weight excluding hydrogens is 362 g/mol. The second kappa shape index (κ2) is 8.86. The SMILES string of the molecule is CC(Oc1ccccn1)C1CCCCN1C(=O)c1ccc(-c2ccccn2)cc1. The van der Waals surface area contributed by atoms with Crippen molar-refractivity contribution in [3.8, 4) is 17.1 Å². The Morgan fingerprint density at radius 1 is 1.00 bits per heavy atom. The zero-order chi connectivity index (χ0) is 20.1. The number of carbonyl (C=O) groups is 1. The van der Waals surface area contributed by atoms with E-state index >= 15 is 0 Å². The Morgan fingerprint density at radius 2 is 1.76 bits per heavy atom. The van der Waals surface area contributed by atoms with Crippen molar-refractivity contribution in [1.82, 2.24) is 14.9 Å². The smallest absolute Gasteiger partial charge is 0.254 e. The first-order chi connectivity index (χ1) is 14.2. The van der Waals surface area contributed by atoms with E-state index in [0.717, 1.165) is 37.1 Å². The van der Waals surface area contributed by atoms with Gasteiger partial charge in [0.15, 0.2) is 0 Å². The van der Waals surface area contributed by atoms with Crippen molar-refractivity contribution in [2.24, 2.45) is 0 Å². The Hall–Kier alpha value is -3.21. The van der Waals surface area contributed by atoms with Gasteiger partial charge < -0.3 is 9.64 Å². The van der Waals surface area contributed by atoms with Crippen LogP contribution in [0.5, 0.6) is 5.88 Å². The van der Waals surface area contributed by atoms with Gasteiger partial charge in [0.1, 0.15) is 6.10 Å². The van der Waals surface area contributed by atoms with E-state index in [4.69, 9.17) is 4.74 Å². The largest absolute Gasteiger partial charge is 0.472 e. The topological polar surface area (TPSA) is 55.3 Å². The molecule has 29 heavy (non-hydrogen) atoms. The van der Waals surface area contributed by atoms with E-state index in [2.05, 4.69) is 9.97 Å². The minimum Gasteiger partial charge on any atom is -0.472 e. The molecule has 5 heteroatoms. The molecule has 3 heterocycles. The second-order valence-electron chi connectivity index (χ2n) is 7.34. The van der Waals surface area contributed by atoms with Crippen LogP contribution in [-0.4, -0.2) is 39.5 Å². The number of aromatic nitrogens is 2. The number of ether oxygens (including phenoxy) is 1. The van der Waals surface area contributed by atoms with Crippen LogP contribution in [-0.2, 0) is 0 Å². The standard InChI is InChI=1S/C24H25N3O2/c1-18(29-23-10-3-6-16-26-23)22-9-4-7-17-27(22)24(28)20-13-11-19(12-14-20)21-8-2-5-15-25-21/h2-3,5-6,8,10-16,18,22H,4,7,9,17H2,1H3. The fourth-order valence-electron chi connectivity index (χ4n) is 3.87. The van der Waals surface area contributed by atoms with Gasteiger partial charge in [0.05, 0.1) is 11.7 Å². The van der Waals surface area contributed by atoms with E-state index < -0.39 is 0 Å². The van der Waals surface area contributed by atoms with Crippen molar-refractivity contribution >= 4 is 5.91 Å². The first-order valence-corrected chi connectivity index (χ1v) is 10.1. The monoisotopic (exact) mass is 387 g/mol. The van der Waals surface area contributed by atoms with E-state index in [1.54, 1.807) is 12.4 Å². The Kier molecular flexibility index (Phi) is 5.84. The molecule has 2 atom stereocenters. The summed E-state index contributed by atoms with van der Waals surface area (Å²) in [6.07, 6.45) is 6.42. The lowest BCUT2D eigenvalue weighted by molar-refractivity contribution is 0.0342. The maximum atomic E-state index is 13.3. The molecule has 1 amide bonds. The highest BCUT2D eigenvalue weighted by molar-refractivity contribution is 5.95. The number of hydrogen-bond donors (Lipinski definition) is 0. The van der Waals surface area contributed by atoms with Gasteiger partial charge in [0.25, 0.3) is 5.91 Å². The summed E-state index contributed by atoms with van der Waals surface area (Å²) in [6, 6.07) is 19.2. The number of pyridine rings is 2. The van der Waals surface area contributed by atoms with Crippen molar-refractivity contribution in [3.63, 3.8) is 0 Å². The van der Waals surface area contributed by atoms with Crippen LogP contribution in [0.2, 0.25) is 0 Å². The highest BCUT2D eigenvalue weighted by atomic mass is 16.5. The van der Waals surface area contributed by atoms with E-state index in [-0.39, 0.29) is 18.1 Å². The average molecular weight is 387 g/mol. The van der Waals surface area contributed by atoms with E-state index in [0.29, 0.717) is 11.4 Å². The first kappa shape index (κ1) is 19.1. The maximum absolute atomic E-state index is 13.3. The van der Waals surface area contributed by atoms with Crippen LogP contribution in [0.4, 0.5) is 0 Å². The molecule has 0 radical (unpaired) electrons. The number of rotatable bonds is 5. The number of nitrogens with zero attached hydrogens (tertiary/aromatic N) is 3. The summed E-state index contributed by atoms with van der Waals surface area (Å²) < 4.78 is 6.03. The minimum atomic E-state index is -0.123. The number of hydrogen-bond acceptors (Lipinski definition) is 4. The molecule has 0 bridgehead atoms. The molecule has 148 valence electrons. The molecule has 1 saturated heterocycles. The summed E-state index contributed by atoms with van der Waals surface area (Å²) in [6.45, 7) is 2.77. The lowest BCUT2D eigenvalue weighted by Gasteiger charge is -2.39. The number of amides is 1. The highest BCUT2D eigenvalue weighted by Crippen LogP contribution is 2.25. The highest BCUT2D eigenvalue weighted by Gasteiger charge is 2.32. The molecule has 2 unspecified atom stereocenters. The lowest BCUT2D eigenvalue weighted by Crippen LogP contribution is -2.50.